The van der Waals surface area contributed by atoms with Crippen LogP contribution in [0.2, 0.25) is 0 Å². The summed E-state index contributed by atoms with van der Waals surface area (Å²) in [6.07, 6.45) is 8.86. The summed E-state index contributed by atoms with van der Waals surface area (Å²) in [5.41, 5.74) is 9.30. The first kappa shape index (κ1) is 26.3. The minimum atomic E-state index is -1.19. The van der Waals surface area contributed by atoms with Crippen LogP contribution in [0.4, 0.5) is 5.13 Å². The molecule has 0 aliphatic carbocycles. The van der Waals surface area contributed by atoms with E-state index in [-0.39, 0.29) is 22.2 Å². The predicted octanol–water partition coefficient (Wildman–Crippen LogP) is 0.0709. The van der Waals surface area contributed by atoms with Crippen molar-refractivity contribution in [1.29, 1.82) is 0 Å². The largest absolute Gasteiger partial charge is 0.477 e. The summed E-state index contributed by atoms with van der Waals surface area (Å²) in [5, 5.41) is 17.5. The molecule has 2 aliphatic rings. The van der Waals surface area contributed by atoms with Gasteiger partial charge < -0.3 is 21.0 Å². The molecule has 37 heavy (non-hydrogen) atoms. The number of rotatable bonds is 10. The van der Waals surface area contributed by atoms with E-state index in [0.717, 1.165) is 16.2 Å². The number of β-lactam (4-membered cyclic amide) rings is 1. The number of hydrogen-bond acceptors (Lipinski definition) is 11. The van der Waals surface area contributed by atoms with Gasteiger partial charge in [0.25, 0.3) is 11.8 Å². The highest BCUT2D eigenvalue weighted by atomic mass is 32.2. The van der Waals surface area contributed by atoms with E-state index in [2.05, 4.69) is 26.8 Å². The minimum absolute atomic E-state index is 0.0495. The number of thiazole rings is 1. The summed E-state index contributed by atoms with van der Waals surface area (Å²) in [7, 11) is 1.28. The molecule has 0 spiro atoms. The van der Waals surface area contributed by atoms with Crippen LogP contribution in [0.5, 0.6) is 0 Å². The fourth-order valence-corrected chi connectivity index (χ4v) is 6.53. The Labute approximate surface area is 224 Å². The van der Waals surface area contributed by atoms with Gasteiger partial charge in [-0.25, -0.2) is 9.78 Å². The van der Waals surface area contributed by atoms with Crippen LogP contribution >= 0.6 is 34.9 Å². The number of hydrogen-bond donors (Lipinski definition) is 4. The fraction of sp³-hybridized carbons (Fsp3) is 0.273. The number of nitrogen functional groups attached to an aromatic ring is 1. The molecule has 0 saturated carbocycles. The number of carboxylic acid groups (broad SMARTS) is 1. The van der Waals surface area contributed by atoms with Gasteiger partial charge in [-0.1, -0.05) is 15.8 Å². The molecule has 2 atom stereocenters. The number of carbonyl (C=O) groups is 3. The van der Waals surface area contributed by atoms with Gasteiger partial charge in [-0.2, -0.15) is 5.43 Å². The summed E-state index contributed by atoms with van der Waals surface area (Å²) < 4.78 is 1.73. The minimum Gasteiger partial charge on any atom is -0.477 e. The highest BCUT2D eigenvalue weighted by Crippen LogP contribution is 2.41. The SMILES string of the molecule is C#CCN[n+]1ccc(SCC2=C(C(=O)O)N3C(=O)[C@@H](NC(=O)/C(=N\OC)c4csc(N)n4)[C@H]3SC2)cc1. The van der Waals surface area contributed by atoms with Crippen molar-refractivity contribution in [3.8, 4) is 12.3 Å². The molecule has 4 rings (SSSR count). The van der Waals surface area contributed by atoms with Crippen LogP contribution in [-0.2, 0) is 19.2 Å². The van der Waals surface area contributed by atoms with Crippen molar-refractivity contribution in [3.63, 3.8) is 0 Å². The van der Waals surface area contributed by atoms with Gasteiger partial charge >= 0.3 is 5.97 Å². The van der Waals surface area contributed by atoms with Crippen LogP contribution < -0.4 is 21.2 Å². The molecule has 2 amide bonds. The second kappa shape index (κ2) is 11.5. The van der Waals surface area contributed by atoms with Crippen LogP contribution in [0.1, 0.15) is 5.69 Å². The maximum atomic E-state index is 13.0. The van der Waals surface area contributed by atoms with E-state index in [4.69, 9.17) is 17.0 Å². The molecule has 1 saturated heterocycles. The Morgan fingerprint density at radius 1 is 1.46 bits per heavy atom. The second-order valence-corrected chi connectivity index (χ2v) is 10.6. The highest BCUT2D eigenvalue weighted by molar-refractivity contribution is 8.01. The zero-order valence-electron chi connectivity index (χ0n) is 19.4. The lowest BCUT2D eigenvalue weighted by molar-refractivity contribution is -0.649. The van der Waals surface area contributed by atoms with E-state index in [0.29, 0.717) is 23.6 Å². The van der Waals surface area contributed by atoms with Gasteiger partial charge in [0.2, 0.25) is 12.4 Å². The Morgan fingerprint density at radius 2 is 2.22 bits per heavy atom. The van der Waals surface area contributed by atoms with Crippen molar-refractivity contribution in [2.45, 2.75) is 16.3 Å². The number of carboxylic acids is 1. The Kier molecular flexibility index (Phi) is 8.21. The number of amides is 2. The monoisotopic (exact) mass is 560 g/mol. The number of nitrogens with zero attached hydrogens (tertiary/aromatic N) is 4. The molecule has 15 heteroatoms. The van der Waals surface area contributed by atoms with Crippen molar-refractivity contribution in [1.82, 2.24) is 15.2 Å². The van der Waals surface area contributed by atoms with Gasteiger partial charge in [0, 0.05) is 33.9 Å². The molecule has 1 fully saturated rings. The van der Waals surface area contributed by atoms with Gasteiger partial charge in [-0.05, 0) is 5.57 Å². The number of terminal acetylenes is 1. The Hall–Kier alpha value is -3.74. The van der Waals surface area contributed by atoms with E-state index < -0.39 is 29.2 Å². The van der Waals surface area contributed by atoms with Crippen LogP contribution in [0.3, 0.4) is 0 Å². The maximum Gasteiger partial charge on any atom is 0.352 e. The number of thioether (sulfide) groups is 2. The molecule has 2 aliphatic heterocycles. The number of fused-ring (bicyclic) bond motifs is 1. The molecular formula is C22H22N7O5S3+. The van der Waals surface area contributed by atoms with Gasteiger partial charge in [-0.15, -0.1) is 41.3 Å². The lowest BCUT2D eigenvalue weighted by Crippen LogP contribution is -2.71. The number of anilines is 1. The zero-order chi connectivity index (χ0) is 26.5. The summed E-state index contributed by atoms with van der Waals surface area (Å²) in [6, 6.07) is 2.84. The average molecular weight is 561 g/mol. The molecule has 0 bridgehead atoms. The lowest BCUT2D eigenvalue weighted by atomic mass is 10.0. The van der Waals surface area contributed by atoms with Crippen LogP contribution in [0, 0.1) is 12.3 Å². The van der Waals surface area contributed by atoms with E-state index in [1.54, 1.807) is 10.1 Å². The molecule has 2 aromatic heterocycles. The first-order chi connectivity index (χ1) is 17.8. The number of aromatic nitrogens is 2. The van der Waals surface area contributed by atoms with Crippen molar-refractivity contribution in [3.05, 3.63) is 46.9 Å². The fourth-order valence-electron chi connectivity index (χ4n) is 3.62. The Balaban J connectivity index is 1.44. The molecule has 0 radical (unpaired) electrons. The van der Waals surface area contributed by atoms with Gasteiger partial charge in [0.1, 0.15) is 36.5 Å². The summed E-state index contributed by atoms with van der Waals surface area (Å²) in [5.74, 6) is 0.894. The molecule has 0 aromatic carbocycles. The summed E-state index contributed by atoms with van der Waals surface area (Å²) in [6.45, 7) is 0.385. The number of nitrogens with one attached hydrogen (secondary N) is 2. The average Bonchev–Trinajstić information content (AvgIpc) is 3.33. The number of nitrogens with two attached hydrogens (primary N) is 1. The smallest absolute Gasteiger partial charge is 0.352 e. The van der Waals surface area contributed by atoms with Crippen LogP contribution in [-0.4, -0.2) is 75.1 Å². The van der Waals surface area contributed by atoms with Gasteiger partial charge in [-0.3, -0.25) is 14.5 Å². The van der Waals surface area contributed by atoms with Crippen molar-refractivity contribution >= 4 is 63.5 Å². The predicted molar refractivity (Wildman–Crippen MR) is 140 cm³/mol. The molecular weight excluding hydrogens is 538 g/mol. The molecule has 2 aromatic rings. The first-order valence-electron chi connectivity index (χ1n) is 10.7. The third-order valence-electron chi connectivity index (χ3n) is 5.27. The van der Waals surface area contributed by atoms with E-state index >= 15 is 0 Å². The van der Waals surface area contributed by atoms with Gasteiger partial charge in [0.15, 0.2) is 10.8 Å². The number of aliphatic carboxylic acids is 1. The van der Waals surface area contributed by atoms with E-state index in [1.165, 1.54) is 35.5 Å². The van der Waals surface area contributed by atoms with E-state index in [9.17, 15) is 19.5 Å². The lowest BCUT2D eigenvalue weighted by Gasteiger charge is -2.49. The topological polar surface area (TPSA) is 163 Å². The number of oxime groups is 1. The molecule has 5 N–H and O–H groups in total. The highest BCUT2D eigenvalue weighted by Gasteiger charge is 2.54. The Bertz CT molecular complexity index is 1320. The van der Waals surface area contributed by atoms with Crippen LogP contribution in [0.25, 0.3) is 0 Å². The Morgan fingerprint density at radius 3 is 2.84 bits per heavy atom. The van der Waals surface area contributed by atoms with Crippen molar-refractivity contribution < 1.29 is 29.0 Å². The van der Waals surface area contributed by atoms with Crippen molar-refractivity contribution in [2.24, 2.45) is 5.16 Å². The summed E-state index contributed by atoms with van der Waals surface area (Å²) >= 11 is 3.98. The molecule has 192 valence electrons. The maximum absolute atomic E-state index is 13.0. The first-order valence-corrected chi connectivity index (χ1v) is 13.6. The summed E-state index contributed by atoms with van der Waals surface area (Å²) in [4.78, 5) is 48.9. The second-order valence-electron chi connectivity index (χ2n) is 7.58. The van der Waals surface area contributed by atoms with E-state index in [1.807, 2.05) is 24.5 Å². The normalized spacial score (nSPS) is 19.0. The molecule has 0 unspecified atom stereocenters. The third-order valence-corrected chi connectivity index (χ3v) is 8.39. The molecule has 4 heterocycles. The number of carbonyl (C=O) groups excluding carboxylic acids is 2. The number of pyridine rings is 1. The molecule has 12 nitrogen and oxygen atoms in total. The zero-order valence-corrected chi connectivity index (χ0v) is 21.9. The van der Waals surface area contributed by atoms with Crippen molar-refractivity contribution in [2.75, 3.05) is 36.3 Å². The quantitative estimate of drug-likeness (QED) is 0.0781. The van der Waals surface area contributed by atoms with Crippen LogP contribution in [0.15, 0.2) is 51.2 Å². The third kappa shape index (κ3) is 5.66. The standard InChI is InChI=1S/C22H21N7O5S3/c1-3-6-24-28-7-4-13(5-8-28)35-9-12-10-36-20-16(19(31)29(20)17(12)21(32)33)26-18(30)15(27-34-2)14-11-37-22(23)25-14/h1,4-5,7-8,11,16,20,24H,6,9-10H2,2H3,(H3-,23,25,26,30,32,33)/p+1/b27-15-/t16-,20-/m1/s1. The van der Waals surface area contributed by atoms with Gasteiger partial charge in [0.05, 0.1) is 0 Å².